The monoisotopic (exact) mass is 383 g/mol. The summed E-state index contributed by atoms with van der Waals surface area (Å²) < 4.78 is 10.5. The molecule has 0 unspecified atom stereocenters. The molecule has 9 nitrogen and oxygen atoms in total. The van der Waals surface area contributed by atoms with Crippen LogP contribution in [0, 0.1) is 5.41 Å². The van der Waals surface area contributed by atoms with Crippen LogP contribution in [0.1, 0.15) is 16.2 Å². The summed E-state index contributed by atoms with van der Waals surface area (Å²) in [5.41, 5.74) is 0.701. The Balaban J connectivity index is 1.91. The summed E-state index contributed by atoms with van der Waals surface area (Å²) in [6.07, 6.45) is 3.08. The van der Waals surface area contributed by atoms with E-state index in [0.29, 0.717) is 26.3 Å². The van der Waals surface area contributed by atoms with Crippen molar-refractivity contribution in [1.82, 2.24) is 9.97 Å². The number of nitrogens with zero attached hydrogens (tertiary/aromatic N) is 3. The standard InChI is InChI=1S/C19H21N5O4/c1-27-17-15(14(20)7-8-21-13-5-3-2-4-6-13)22-19(23-16(17)18(25)26)24-9-11-28-12-10-24/h2-8,20-21H,9-12H2,1H3,(H,25,26)/b8-7-,20-14?. The van der Waals surface area contributed by atoms with E-state index in [-0.39, 0.29) is 28.8 Å². The predicted molar refractivity (Wildman–Crippen MR) is 105 cm³/mol. The number of rotatable bonds is 7. The fourth-order valence-electron chi connectivity index (χ4n) is 2.70. The van der Waals surface area contributed by atoms with Gasteiger partial charge in [-0.3, -0.25) is 5.41 Å². The minimum Gasteiger partial charge on any atom is -0.492 e. The van der Waals surface area contributed by atoms with E-state index < -0.39 is 5.97 Å². The van der Waals surface area contributed by atoms with E-state index in [1.807, 2.05) is 35.2 Å². The quantitative estimate of drug-likeness (QED) is 0.621. The highest BCUT2D eigenvalue weighted by Gasteiger charge is 2.25. The molecule has 3 rings (SSSR count). The fourth-order valence-corrected chi connectivity index (χ4v) is 2.70. The van der Waals surface area contributed by atoms with Gasteiger partial charge in [-0.2, -0.15) is 0 Å². The maximum atomic E-state index is 11.7. The van der Waals surface area contributed by atoms with E-state index in [1.54, 1.807) is 6.20 Å². The summed E-state index contributed by atoms with van der Waals surface area (Å²) in [5, 5.41) is 20.9. The number of carboxylic acids is 1. The van der Waals surface area contributed by atoms with Gasteiger partial charge in [-0.1, -0.05) is 18.2 Å². The lowest BCUT2D eigenvalue weighted by atomic mass is 10.2. The average Bonchev–Trinajstić information content (AvgIpc) is 2.74. The number of aromatic nitrogens is 2. The number of carboxylic acid groups (broad SMARTS) is 1. The minimum atomic E-state index is -1.24. The number of allylic oxidation sites excluding steroid dienone is 1. The number of aromatic carboxylic acids is 1. The van der Waals surface area contributed by atoms with Crippen molar-refractivity contribution >= 4 is 23.3 Å². The summed E-state index contributed by atoms with van der Waals surface area (Å²) in [7, 11) is 1.34. The molecule has 0 aliphatic carbocycles. The highest BCUT2D eigenvalue weighted by atomic mass is 16.5. The molecule has 28 heavy (non-hydrogen) atoms. The number of para-hydroxylation sites is 1. The van der Waals surface area contributed by atoms with Gasteiger partial charge in [0.25, 0.3) is 0 Å². The first kappa shape index (κ1) is 19.3. The maximum absolute atomic E-state index is 11.7. The van der Waals surface area contributed by atoms with Crippen molar-refractivity contribution in [2.24, 2.45) is 0 Å². The van der Waals surface area contributed by atoms with Crippen LogP contribution < -0.4 is 15.0 Å². The summed E-state index contributed by atoms with van der Waals surface area (Å²) in [4.78, 5) is 22.0. The number of benzene rings is 1. The van der Waals surface area contributed by atoms with Crippen LogP contribution >= 0.6 is 0 Å². The third kappa shape index (κ3) is 4.44. The normalized spacial score (nSPS) is 14.1. The number of carbonyl (C=O) groups is 1. The first-order valence-corrected chi connectivity index (χ1v) is 8.69. The van der Waals surface area contributed by atoms with Gasteiger partial charge in [0.15, 0.2) is 11.4 Å². The Labute approximate surface area is 162 Å². The molecule has 9 heteroatoms. The molecule has 0 saturated carbocycles. The van der Waals surface area contributed by atoms with Gasteiger partial charge in [0.05, 0.1) is 26.0 Å². The van der Waals surface area contributed by atoms with Crippen molar-refractivity contribution in [1.29, 1.82) is 5.41 Å². The maximum Gasteiger partial charge on any atom is 0.358 e. The third-order valence-corrected chi connectivity index (χ3v) is 4.08. The lowest BCUT2D eigenvalue weighted by Crippen LogP contribution is -2.38. The molecule has 1 aromatic carbocycles. The zero-order valence-corrected chi connectivity index (χ0v) is 15.4. The molecule has 1 aliphatic rings. The summed E-state index contributed by atoms with van der Waals surface area (Å²) >= 11 is 0. The van der Waals surface area contributed by atoms with E-state index in [2.05, 4.69) is 15.3 Å². The van der Waals surface area contributed by atoms with Crippen molar-refractivity contribution < 1.29 is 19.4 Å². The first-order chi connectivity index (χ1) is 13.6. The van der Waals surface area contributed by atoms with Crippen LogP contribution in [0.3, 0.4) is 0 Å². The second kappa shape index (κ2) is 8.96. The van der Waals surface area contributed by atoms with Crippen molar-refractivity contribution in [3.8, 4) is 5.75 Å². The Morgan fingerprint density at radius 2 is 1.93 bits per heavy atom. The molecule has 1 saturated heterocycles. The number of hydrogen-bond acceptors (Lipinski definition) is 8. The Hall–Kier alpha value is -3.46. The zero-order chi connectivity index (χ0) is 19.9. The second-order valence-corrected chi connectivity index (χ2v) is 5.92. The SMILES string of the molecule is COc1c(C(=N)/C=C\Nc2ccccc2)nc(N2CCOCC2)nc1C(=O)O. The number of methoxy groups -OCH3 is 1. The molecule has 0 bridgehead atoms. The van der Waals surface area contributed by atoms with Crippen molar-refractivity contribution in [3.63, 3.8) is 0 Å². The predicted octanol–water partition coefficient (Wildman–Crippen LogP) is 2.01. The molecule has 3 N–H and O–H groups in total. The van der Waals surface area contributed by atoms with Crippen LogP contribution in [0.15, 0.2) is 42.6 Å². The molecular weight excluding hydrogens is 362 g/mol. The fraction of sp³-hybridized carbons (Fsp3) is 0.263. The van der Waals surface area contributed by atoms with Gasteiger partial charge in [0, 0.05) is 25.0 Å². The summed E-state index contributed by atoms with van der Waals surface area (Å²) in [6, 6.07) is 9.46. The largest absolute Gasteiger partial charge is 0.492 e. The van der Waals surface area contributed by atoms with Crippen LogP contribution in [-0.4, -0.2) is 60.2 Å². The number of hydrogen-bond donors (Lipinski definition) is 3. The highest BCUT2D eigenvalue weighted by Crippen LogP contribution is 2.25. The summed E-state index contributed by atoms with van der Waals surface area (Å²) in [6.45, 7) is 2.10. The van der Waals surface area contributed by atoms with Gasteiger partial charge in [0.2, 0.25) is 5.95 Å². The lowest BCUT2D eigenvalue weighted by Gasteiger charge is -2.27. The first-order valence-electron chi connectivity index (χ1n) is 8.69. The molecule has 1 fully saturated rings. The number of morpholine rings is 1. The van der Waals surface area contributed by atoms with Crippen LogP contribution in [0.25, 0.3) is 0 Å². The van der Waals surface area contributed by atoms with E-state index in [0.717, 1.165) is 5.69 Å². The molecule has 146 valence electrons. The average molecular weight is 383 g/mol. The minimum absolute atomic E-state index is 0.000287. The second-order valence-electron chi connectivity index (χ2n) is 5.92. The topological polar surface area (TPSA) is 121 Å². The molecule has 1 aromatic heterocycles. The van der Waals surface area contributed by atoms with E-state index in [1.165, 1.54) is 13.2 Å². The van der Waals surface area contributed by atoms with Crippen molar-refractivity contribution in [3.05, 3.63) is 54.0 Å². The molecule has 2 heterocycles. The van der Waals surface area contributed by atoms with Gasteiger partial charge in [-0.25, -0.2) is 14.8 Å². The summed E-state index contributed by atoms with van der Waals surface area (Å²) in [5.74, 6) is -1.04. The van der Waals surface area contributed by atoms with Crippen molar-refractivity contribution in [2.45, 2.75) is 0 Å². The molecular formula is C19H21N5O4. The van der Waals surface area contributed by atoms with Gasteiger partial charge < -0.3 is 24.8 Å². The van der Waals surface area contributed by atoms with Crippen molar-refractivity contribution in [2.75, 3.05) is 43.6 Å². The van der Waals surface area contributed by atoms with Crippen LogP contribution in [0.2, 0.25) is 0 Å². The smallest absolute Gasteiger partial charge is 0.358 e. The van der Waals surface area contributed by atoms with Crippen LogP contribution in [-0.2, 0) is 4.74 Å². The van der Waals surface area contributed by atoms with E-state index in [9.17, 15) is 9.90 Å². The Kier molecular flexibility index (Phi) is 6.18. The number of nitrogens with one attached hydrogen (secondary N) is 2. The van der Waals surface area contributed by atoms with Crippen LogP contribution in [0.4, 0.5) is 11.6 Å². The Morgan fingerprint density at radius 1 is 1.25 bits per heavy atom. The number of ether oxygens (including phenoxy) is 2. The Morgan fingerprint density at radius 3 is 2.57 bits per heavy atom. The Bertz CT molecular complexity index is 879. The van der Waals surface area contributed by atoms with Gasteiger partial charge in [-0.15, -0.1) is 0 Å². The highest BCUT2D eigenvalue weighted by molar-refractivity contribution is 6.09. The third-order valence-electron chi connectivity index (χ3n) is 4.08. The molecule has 0 atom stereocenters. The van der Waals surface area contributed by atoms with E-state index >= 15 is 0 Å². The van der Waals surface area contributed by atoms with Gasteiger partial charge in [0.1, 0.15) is 5.69 Å². The zero-order valence-electron chi connectivity index (χ0n) is 15.4. The molecule has 0 spiro atoms. The number of anilines is 2. The molecule has 1 aliphatic heterocycles. The lowest BCUT2D eigenvalue weighted by molar-refractivity contribution is 0.0686. The molecule has 0 amide bonds. The van der Waals surface area contributed by atoms with E-state index in [4.69, 9.17) is 14.9 Å². The van der Waals surface area contributed by atoms with Crippen LogP contribution in [0.5, 0.6) is 5.75 Å². The molecule has 2 aromatic rings. The van der Waals surface area contributed by atoms with Gasteiger partial charge in [-0.05, 0) is 18.2 Å². The van der Waals surface area contributed by atoms with Gasteiger partial charge >= 0.3 is 5.97 Å². The molecule has 0 radical (unpaired) electrons.